The summed E-state index contributed by atoms with van der Waals surface area (Å²) in [6.07, 6.45) is 1.49. The van der Waals surface area contributed by atoms with E-state index in [1.807, 2.05) is 19.9 Å². The van der Waals surface area contributed by atoms with Crippen LogP contribution >= 0.6 is 22.9 Å². The van der Waals surface area contributed by atoms with E-state index in [0.29, 0.717) is 23.9 Å². The fraction of sp³-hybridized carbons (Fsp3) is 0.263. The molecule has 0 aliphatic heterocycles. The number of rotatable bonds is 6. The van der Waals surface area contributed by atoms with E-state index in [1.54, 1.807) is 17.4 Å². The fourth-order valence-electron chi connectivity index (χ4n) is 2.54. The molecular weight excluding hydrogens is 356 g/mol. The van der Waals surface area contributed by atoms with E-state index in [4.69, 9.17) is 16.3 Å². The quantitative estimate of drug-likeness (QED) is 0.678. The standard InChI is InChI=1S/C19H19ClN2O2S/c1-3-16(24-19-12(2)8-15(20)11-22-19)18(23)21-10-13-4-5-17-14(9-13)6-7-25-17/h4-9,11,16H,3,10H2,1-2H3,(H,21,23). The van der Waals surface area contributed by atoms with Gasteiger partial charge in [-0.05, 0) is 53.9 Å². The summed E-state index contributed by atoms with van der Waals surface area (Å²) in [6, 6.07) is 10.1. The maximum absolute atomic E-state index is 12.5. The zero-order valence-corrected chi connectivity index (χ0v) is 15.7. The van der Waals surface area contributed by atoms with Gasteiger partial charge in [0.2, 0.25) is 5.88 Å². The van der Waals surface area contributed by atoms with Gasteiger partial charge < -0.3 is 10.1 Å². The first-order valence-corrected chi connectivity index (χ1v) is 9.35. The molecule has 4 nitrogen and oxygen atoms in total. The number of fused-ring (bicyclic) bond motifs is 1. The summed E-state index contributed by atoms with van der Waals surface area (Å²) in [5.41, 5.74) is 1.87. The number of hydrogen-bond acceptors (Lipinski definition) is 4. The van der Waals surface area contributed by atoms with Crippen LogP contribution in [-0.4, -0.2) is 17.0 Å². The molecule has 3 aromatic rings. The van der Waals surface area contributed by atoms with E-state index in [-0.39, 0.29) is 5.91 Å². The number of carbonyl (C=O) groups is 1. The summed E-state index contributed by atoms with van der Waals surface area (Å²) in [5, 5.41) is 6.75. The number of pyridine rings is 1. The Balaban J connectivity index is 1.63. The van der Waals surface area contributed by atoms with E-state index < -0.39 is 6.10 Å². The molecule has 130 valence electrons. The van der Waals surface area contributed by atoms with Gasteiger partial charge in [0.15, 0.2) is 6.10 Å². The van der Waals surface area contributed by atoms with Crippen molar-refractivity contribution in [2.24, 2.45) is 0 Å². The number of amides is 1. The van der Waals surface area contributed by atoms with Crippen LogP contribution in [0.25, 0.3) is 10.1 Å². The average Bonchev–Trinajstić information content (AvgIpc) is 3.07. The van der Waals surface area contributed by atoms with Crippen LogP contribution in [0, 0.1) is 6.92 Å². The molecule has 1 aromatic carbocycles. The highest BCUT2D eigenvalue weighted by atomic mass is 35.5. The van der Waals surface area contributed by atoms with Crippen molar-refractivity contribution in [3.63, 3.8) is 0 Å². The van der Waals surface area contributed by atoms with E-state index in [1.165, 1.54) is 16.3 Å². The minimum atomic E-state index is -0.586. The number of carbonyl (C=O) groups excluding carboxylic acids is 1. The molecule has 2 aromatic heterocycles. The van der Waals surface area contributed by atoms with E-state index in [0.717, 1.165) is 11.1 Å². The zero-order valence-electron chi connectivity index (χ0n) is 14.1. The number of halogens is 1. The van der Waals surface area contributed by atoms with Gasteiger partial charge in [0.1, 0.15) is 0 Å². The molecule has 25 heavy (non-hydrogen) atoms. The molecule has 0 saturated heterocycles. The van der Waals surface area contributed by atoms with Crippen LogP contribution in [-0.2, 0) is 11.3 Å². The van der Waals surface area contributed by atoms with Gasteiger partial charge >= 0.3 is 0 Å². The Morgan fingerprint density at radius 1 is 1.36 bits per heavy atom. The lowest BCUT2D eigenvalue weighted by Crippen LogP contribution is -2.37. The highest BCUT2D eigenvalue weighted by molar-refractivity contribution is 7.17. The van der Waals surface area contributed by atoms with Crippen LogP contribution in [0.3, 0.4) is 0 Å². The second-order valence-corrected chi connectivity index (χ2v) is 7.19. The largest absolute Gasteiger partial charge is 0.464 e. The molecule has 0 spiro atoms. The molecule has 1 N–H and O–H groups in total. The smallest absolute Gasteiger partial charge is 0.261 e. The minimum absolute atomic E-state index is 0.149. The number of nitrogens with one attached hydrogen (secondary N) is 1. The van der Waals surface area contributed by atoms with Crippen LogP contribution < -0.4 is 10.1 Å². The van der Waals surface area contributed by atoms with Gasteiger partial charge in [-0.3, -0.25) is 4.79 Å². The number of aryl methyl sites for hydroxylation is 1. The van der Waals surface area contributed by atoms with Gasteiger partial charge in [-0.25, -0.2) is 4.98 Å². The third-order valence-electron chi connectivity index (χ3n) is 3.90. The Bertz CT molecular complexity index is 894. The first kappa shape index (κ1) is 17.7. The molecule has 1 atom stereocenters. The molecule has 1 unspecified atom stereocenters. The maximum atomic E-state index is 12.5. The summed E-state index contributed by atoms with van der Waals surface area (Å²) in [7, 11) is 0. The predicted octanol–water partition coefficient (Wildman–Crippen LogP) is 4.73. The summed E-state index contributed by atoms with van der Waals surface area (Å²) in [4.78, 5) is 16.6. The van der Waals surface area contributed by atoms with Crippen LogP contribution in [0.4, 0.5) is 0 Å². The van der Waals surface area contributed by atoms with Crippen molar-refractivity contribution >= 4 is 38.9 Å². The molecule has 6 heteroatoms. The Hall–Kier alpha value is -2.11. The van der Waals surface area contributed by atoms with Gasteiger partial charge in [-0.1, -0.05) is 24.6 Å². The normalized spacial score (nSPS) is 12.1. The summed E-state index contributed by atoms with van der Waals surface area (Å²) in [6.45, 7) is 4.24. The first-order valence-electron chi connectivity index (χ1n) is 8.09. The number of benzene rings is 1. The number of aromatic nitrogens is 1. The van der Waals surface area contributed by atoms with Gasteiger partial charge in [-0.2, -0.15) is 0 Å². The second-order valence-electron chi connectivity index (χ2n) is 5.80. The Labute approximate surface area is 155 Å². The molecule has 2 heterocycles. The minimum Gasteiger partial charge on any atom is -0.464 e. The van der Waals surface area contributed by atoms with E-state index in [9.17, 15) is 4.79 Å². The Kier molecular flexibility index (Phi) is 5.56. The van der Waals surface area contributed by atoms with Gasteiger partial charge in [0.05, 0.1) is 5.02 Å². The number of nitrogens with zero attached hydrogens (tertiary/aromatic N) is 1. The first-order chi connectivity index (χ1) is 12.1. The predicted molar refractivity (Wildman–Crippen MR) is 102 cm³/mol. The SMILES string of the molecule is CCC(Oc1ncc(Cl)cc1C)C(=O)NCc1ccc2sccc2c1. The molecule has 1 amide bonds. The number of ether oxygens (including phenoxy) is 1. The van der Waals surface area contributed by atoms with Crippen molar-refractivity contribution in [2.45, 2.75) is 32.9 Å². The Morgan fingerprint density at radius 2 is 2.20 bits per heavy atom. The average molecular weight is 375 g/mol. The van der Waals surface area contributed by atoms with Crippen molar-refractivity contribution in [2.75, 3.05) is 0 Å². The molecule has 0 fully saturated rings. The van der Waals surface area contributed by atoms with Crippen LogP contribution in [0.1, 0.15) is 24.5 Å². The summed E-state index contributed by atoms with van der Waals surface area (Å²) < 4.78 is 7.02. The van der Waals surface area contributed by atoms with Gasteiger partial charge in [-0.15, -0.1) is 11.3 Å². The van der Waals surface area contributed by atoms with Gasteiger partial charge in [0.25, 0.3) is 5.91 Å². The molecule has 0 radical (unpaired) electrons. The lowest BCUT2D eigenvalue weighted by atomic mass is 10.1. The van der Waals surface area contributed by atoms with Crippen molar-refractivity contribution in [1.29, 1.82) is 0 Å². The lowest BCUT2D eigenvalue weighted by Gasteiger charge is -2.18. The lowest BCUT2D eigenvalue weighted by molar-refractivity contribution is -0.128. The third kappa shape index (κ3) is 4.30. The van der Waals surface area contributed by atoms with Crippen LogP contribution in [0.5, 0.6) is 5.88 Å². The molecular formula is C19H19ClN2O2S. The van der Waals surface area contributed by atoms with Crippen LogP contribution in [0.2, 0.25) is 5.02 Å². The van der Waals surface area contributed by atoms with Crippen LogP contribution in [0.15, 0.2) is 41.9 Å². The maximum Gasteiger partial charge on any atom is 0.261 e. The molecule has 0 saturated carbocycles. The van der Waals surface area contributed by atoms with Crippen molar-refractivity contribution in [3.05, 3.63) is 58.1 Å². The number of hydrogen-bond donors (Lipinski definition) is 1. The summed E-state index contributed by atoms with van der Waals surface area (Å²) in [5.74, 6) is 0.287. The molecule has 0 aliphatic carbocycles. The Morgan fingerprint density at radius 3 is 2.96 bits per heavy atom. The fourth-order valence-corrected chi connectivity index (χ4v) is 3.52. The van der Waals surface area contributed by atoms with Gasteiger partial charge in [0, 0.05) is 23.0 Å². The topological polar surface area (TPSA) is 51.2 Å². The number of thiophene rings is 1. The van der Waals surface area contributed by atoms with Crippen molar-refractivity contribution in [3.8, 4) is 5.88 Å². The molecule has 0 aliphatic rings. The monoisotopic (exact) mass is 374 g/mol. The zero-order chi connectivity index (χ0) is 17.8. The summed E-state index contributed by atoms with van der Waals surface area (Å²) >= 11 is 7.61. The molecule has 3 rings (SSSR count). The highest BCUT2D eigenvalue weighted by Crippen LogP contribution is 2.22. The van der Waals surface area contributed by atoms with Crippen molar-refractivity contribution in [1.82, 2.24) is 10.3 Å². The van der Waals surface area contributed by atoms with Crippen molar-refractivity contribution < 1.29 is 9.53 Å². The van der Waals surface area contributed by atoms with E-state index >= 15 is 0 Å². The third-order valence-corrected chi connectivity index (χ3v) is 5.00. The van der Waals surface area contributed by atoms with E-state index in [2.05, 4.69) is 33.9 Å². The second kappa shape index (κ2) is 7.85. The molecule has 0 bridgehead atoms. The highest BCUT2D eigenvalue weighted by Gasteiger charge is 2.19.